The van der Waals surface area contributed by atoms with Crippen LogP contribution in [-0.2, 0) is 4.79 Å². The smallest absolute Gasteiger partial charge is 0.205 e. The highest BCUT2D eigenvalue weighted by Crippen LogP contribution is 2.03. The predicted molar refractivity (Wildman–Crippen MR) is 41.7 cm³/mol. The zero-order valence-corrected chi connectivity index (χ0v) is 7.16. The molecule has 0 aliphatic heterocycles. The van der Waals surface area contributed by atoms with E-state index in [4.69, 9.17) is 0 Å². The van der Waals surface area contributed by atoms with E-state index in [1.54, 1.807) is 0 Å². The van der Waals surface area contributed by atoms with Crippen molar-refractivity contribution in [3.8, 4) is 0 Å². The molecule has 3 heteroatoms. The van der Waals surface area contributed by atoms with Crippen molar-refractivity contribution >= 4 is 16.9 Å². The van der Waals surface area contributed by atoms with E-state index in [2.05, 4.69) is 0 Å². The van der Waals surface area contributed by atoms with Gasteiger partial charge in [-0.1, -0.05) is 11.8 Å². The van der Waals surface area contributed by atoms with Gasteiger partial charge in [0.1, 0.15) is 0 Å². The number of carbonyl (C=O) groups excluding carboxylic acids is 1. The maximum absolute atomic E-state index is 10.9. The molecule has 0 rings (SSSR count). The van der Waals surface area contributed by atoms with Gasteiger partial charge in [0, 0.05) is 0 Å². The minimum absolute atomic E-state index is 0.0417. The summed E-state index contributed by atoms with van der Waals surface area (Å²) in [4.78, 5) is 12.8. The van der Waals surface area contributed by atoms with Gasteiger partial charge in [-0.3, -0.25) is 9.69 Å². The second-order valence-electron chi connectivity index (χ2n) is 2.16. The topological polar surface area (TPSA) is 20.3 Å². The Balaban J connectivity index is 3.72. The Bertz CT molecular complexity index is 103. The van der Waals surface area contributed by atoms with Crippen molar-refractivity contribution in [3.05, 3.63) is 0 Å². The van der Waals surface area contributed by atoms with Crippen molar-refractivity contribution in [3.63, 3.8) is 0 Å². The summed E-state index contributed by atoms with van der Waals surface area (Å²) in [5.74, 6) is 0. The van der Waals surface area contributed by atoms with Gasteiger partial charge in [-0.05, 0) is 27.3 Å². The molecule has 0 spiro atoms. The van der Waals surface area contributed by atoms with Gasteiger partial charge in [0.25, 0.3) is 0 Å². The first kappa shape index (κ1) is 8.98. The van der Waals surface area contributed by atoms with Gasteiger partial charge < -0.3 is 0 Å². The summed E-state index contributed by atoms with van der Waals surface area (Å²) in [6.45, 7) is 1.90. The molecule has 0 heterocycles. The average Bonchev–Trinajstić information content (AvgIpc) is 1.84. The van der Waals surface area contributed by atoms with E-state index >= 15 is 0 Å². The third-order valence-corrected chi connectivity index (χ3v) is 2.06. The number of likely N-dealkylation sites (N-methyl/N-ethyl adjacent to an activating group) is 1. The summed E-state index contributed by atoms with van der Waals surface area (Å²) in [7, 11) is 3.80. The van der Waals surface area contributed by atoms with E-state index in [0.29, 0.717) is 0 Å². The van der Waals surface area contributed by atoms with E-state index in [9.17, 15) is 4.79 Å². The monoisotopic (exact) mass is 147 g/mol. The molecule has 0 radical (unpaired) electrons. The number of carbonyl (C=O) groups is 1. The minimum Gasteiger partial charge on any atom is -0.299 e. The van der Waals surface area contributed by atoms with Crippen molar-refractivity contribution < 1.29 is 4.79 Å². The van der Waals surface area contributed by atoms with Crippen LogP contribution in [0.15, 0.2) is 0 Å². The fourth-order valence-corrected chi connectivity index (χ4v) is 0.933. The summed E-state index contributed by atoms with van der Waals surface area (Å²) in [6.07, 6.45) is 1.81. The highest BCUT2D eigenvalue weighted by Gasteiger charge is 2.12. The van der Waals surface area contributed by atoms with E-state index in [-0.39, 0.29) is 11.2 Å². The predicted octanol–water partition coefficient (Wildman–Crippen LogP) is 0.826. The van der Waals surface area contributed by atoms with Gasteiger partial charge in [0.05, 0.1) is 6.04 Å². The summed E-state index contributed by atoms with van der Waals surface area (Å²) in [6, 6.07) is 0.0417. The van der Waals surface area contributed by atoms with Crippen LogP contribution < -0.4 is 0 Å². The molecule has 0 aliphatic carbocycles. The van der Waals surface area contributed by atoms with Crippen LogP contribution in [0.25, 0.3) is 0 Å². The van der Waals surface area contributed by atoms with Crippen molar-refractivity contribution in [2.24, 2.45) is 0 Å². The molecular weight excluding hydrogens is 134 g/mol. The van der Waals surface area contributed by atoms with E-state index in [1.165, 1.54) is 11.8 Å². The van der Waals surface area contributed by atoms with Gasteiger partial charge in [-0.25, -0.2) is 0 Å². The fourth-order valence-electron chi connectivity index (χ4n) is 0.381. The summed E-state index contributed by atoms with van der Waals surface area (Å²) in [5, 5.41) is 0.222. The van der Waals surface area contributed by atoms with Crippen LogP contribution in [-0.4, -0.2) is 36.4 Å². The Morgan fingerprint density at radius 1 is 1.56 bits per heavy atom. The third kappa shape index (κ3) is 2.87. The zero-order chi connectivity index (χ0) is 7.44. The quantitative estimate of drug-likeness (QED) is 0.577. The third-order valence-electron chi connectivity index (χ3n) is 1.32. The maximum Gasteiger partial charge on any atom is 0.205 e. The molecule has 0 bridgehead atoms. The van der Waals surface area contributed by atoms with Crippen LogP contribution in [0.2, 0.25) is 0 Å². The molecule has 0 aliphatic rings. The molecule has 0 saturated heterocycles. The van der Waals surface area contributed by atoms with Crippen molar-refractivity contribution in [1.82, 2.24) is 4.90 Å². The lowest BCUT2D eigenvalue weighted by atomic mass is 10.3. The molecule has 1 unspecified atom stereocenters. The number of hydrogen-bond donors (Lipinski definition) is 0. The second kappa shape index (κ2) is 3.90. The Morgan fingerprint density at radius 2 is 2.00 bits per heavy atom. The summed E-state index contributed by atoms with van der Waals surface area (Å²) >= 11 is 1.28. The molecule has 0 aromatic carbocycles. The lowest BCUT2D eigenvalue weighted by molar-refractivity contribution is -0.114. The maximum atomic E-state index is 10.9. The van der Waals surface area contributed by atoms with Crippen LogP contribution >= 0.6 is 11.8 Å². The Morgan fingerprint density at radius 3 is 2.11 bits per heavy atom. The number of nitrogens with zero attached hydrogens (tertiary/aromatic N) is 1. The van der Waals surface area contributed by atoms with Crippen molar-refractivity contribution in [1.29, 1.82) is 0 Å². The molecule has 0 amide bonds. The minimum atomic E-state index is 0.0417. The first-order valence-corrected chi connectivity index (χ1v) is 4.06. The highest BCUT2D eigenvalue weighted by molar-refractivity contribution is 8.13. The van der Waals surface area contributed by atoms with Crippen LogP contribution in [0, 0.1) is 0 Å². The molecule has 0 saturated carbocycles. The summed E-state index contributed by atoms with van der Waals surface area (Å²) in [5.41, 5.74) is 0. The SMILES string of the molecule is CSC(=O)C(C)N(C)C. The molecule has 54 valence electrons. The number of hydrogen-bond acceptors (Lipinski definition) is 3. The zero-order valence-electron chi connectivity index (χ0n) is 6.34. The normalized spacial score (nSPS) is 13.9. The van der Waals surface area contributed by atoms with Gasteiger partial charge in [-0.2, -0.15) is 0 Å². The van der Waals surface area contributed by atoms with Crippen LogP contribution in [0.4, 0.5) is 0 Å². The van der Waals surface area contributed by atoms with Crippen LogP contribution in [0.3, 0.4) is 0 Å². The lowest BCUT2D eigenvalue weighted by Crippen LogP contribution is -2.30. The molecule has 0 aromatic rings. The molecule has 1 atom stereocenters. The van der Waals surface area contributed by atoms with Crippen molar-refractivity contribution in [2.75, 3.05) is 20.4 Å². The van der Waals surface area contributed by atoms with E-state index in [0.717, 1.165) is 0 Å². The standard InChI is InChI=1S/C6H13NOS/c1-5(7(2)3)6(8)9-4/h5H,1-4H3. The van der Waals surface area contributed by atoms with Crippen LogP contribution in [0.1, 0.15) is 6.92 Å². The highest BCUT2D eigenvalue weighted by atomic mass is 32.2. The molecule has 9 heavy (non-hydrogen) atoms. The molecule has 0 fully saturated rings. The Kier molecular flexibility index (Phi) is 3.89. The summed E-state index contributed by atoms with van der Waals surface area (Å²) < 4.78 is 0. The molecular formula is C6H13NOS. The van der Waals surface area contributed by atoms with Gasteiger partial charge >= 0.3 is 0 Å². The molecule has 2 nitrogen and oxygen atoms in total. The number of rotatable bonds is 2. The Hall–Kier alpha value is -0.0200. The first-order chi connectivity index (χ1) is 4.09. The number of thioether (sulfide) groups is 1. The van der Waals surface area contributed by atoms with Gasteiger partial charge in [-0.15, -0.1) is 0 Å². The largest absolute Gasteiger partial charge is 0.299 e. The Labute approximate surface area is 60.6 Å². The molecule has 0 aromatic heterocycles. The van der Waals surface area contributed by atoms with Gasteiger partial charge in [0.15, 0.2) is 0 Å². The van der Waals surface area contributed by atoms with Crippen molar-refractivity contribution in [2.45, 2.75) is 13.0 Å². The first-order valence-electron chi connectivity index (χ1n) is 2.84. The average molecular weight is 147 g/mol. The molecule has 0 N–H and O–H groups in total. The van der Waals surface area contributed by atoms with E-state index < -0.39 is 0 Å². The lowest BCUT2D eigenvalue weighted by Gasteiger charge is -2.16. The second-order valence-corrected chi connectivity index (χ2v) is 2.97. The van der Waals surface area contributed by atoms with E-state index in [1.807, 2.05) is 32.2 Å². The fraction of sp³-hybridized carbons (Fsp3) is 0.833. The van der Waals surface area contributed by atoms with Gasteiger partial charge in [0.2, 0.25) is 5.12 Å². The van der Waals surface area contributed by atoms with Crippen LogP contribution in [0.5, 0.6) is 0 Å².